The van der Waals surface area contributed by atoms with E-state index in [2.05, 4.69) is 26.2 Å². The number of nitrogens with one attached hydrogen (secondary N) is 2. The largest absolute Gasteiger partial charge is 0.483 e. The third-order valence-electron chi connectivity index (χ3n) is 7.87. The molecule has 11 nitrogen and oxygen atoms in total. The van der Waals surface area contributed by atoms with Gasteiger partial charge in [-0.1, -0.05) is 75.4 Å². The molecule has 5 aromatic rings. The first-order chi connectivity index (χ1) is 22.2. The normalized spacial score (nSPS) is 18.7. The number of hydrogen-bond donors (Lipinski definition) is 2. The van der Waals surface area contributed by atoms with Gasteiger partial charge in [0, 0.05) is 44.0 Å². The number of fused-ring (bicyclic) bond motifs is 3. The fraction of sp³-hybridized carbons (Fsp3) is 0.125. The van der Waals surface area contributed by atoms with Crippen LogP contribution in [-0.4, -0.2) is 39.5 Å². The topological polar surface area (TPSA) is 152 Å². The Balaban J connectivity index is 1.22. The highest BCUT2D eigenvalue weighted by Gasteiger charge is 2.57. The molecule has 0 aliphatic carbocycles. The summed E-state index contributed by atoms with van der Waals surface area (Å²) in [6.07, 6.45) is 0. The maximum Gasteiger partial charge on any atom is 0.305 e. The number of nitrogens with zero attached hydrogens (tertiary/aromatic N) is 2. The zero-order chi connectivity index (χ0) is 32.1. The number of nitro groups is 1. The van der Waals surface area contributed by atoms with Gasteiger partial charge in [0.15, 0.2) is 6.61 Å². The molecule has 3 heterocycles. The van der Waals surface area contributed by atoms with Crippen LogP contribution in [0.1, 0.15) is 16.4 Å². The molecule has 1 aromatic heterocycles. The highest BCUT2D eigenvalue weighted by molar-refractivity contribution is 9.10. The summed E-state index contributed by atoms with van der Waals surface area (Å²) in [5.74, 6) is -2.78. The van der Waals surface area contributed by atoms with Crippen molar-refractivity contribution >= 4 is 84.6 Å². The Kier molecular flexibility index (Phi) is 7.71. The molecule has 2 aliphatic heterocycles. The van der Waals surface area contributed by atoms with Gasteiger partial charge in [-0.2, -0.15) is 0 Å². The van der Waals surface area contributed by atoms with Crippen LogP contribution in [0.5, 0.6) is 5.75 Å². The fourth-order valence-corrected chi connectivity index (χ4v) is 8.77. The zero-order valence-corrected chi connectivity index (χ0v) is 26.7. The van der Waals surface area contributed by atoms with Gasteiger partial charge in [-0.3, -0.25) is 29.3 Å². The molecule has 0 radical (unpaired) electrons. The first-order valence-corrected chi connectivity index (χ1v) is 16.4. The van der Waals surface area contributed by atoms with Crippen molar-refractivity contribution < 1.29 is 24.0 Å². The smallest absolute Gasteiger partial charge is 0.305 e. The van der Waals surface area contributed by atoms with Crippen LogP contribution in [0.15, 0.2) is 99.2 Å². The highest BCUT2D eigenvalue weighted by Crippen LogP contribution is 2.54. The van der Waals surface area contributed by atoms with Crippen LogP contribution in [-0.2, 0) is 14.4 Å². The van der Waals surface area contributed by atoms with Gasteiger partial charge < -0.3 is 15.0 Å². The zero-order valence-electron chi connectivity index (χ0n) is 23.5. The molecule has 2 unspecified atom stereocenters. The van der Waals surface area contributed by atoms with Gasteiger partial charge >= 0.3 is 4.87 Å². The molecule has 230 valence electrons. The number of ether oxygens (including phenoxy) is 1. The number of amides is 3. The minimum absolute atomic E-state index is 0.173. The number of aromatic nitrogens is 1. The van der Waals surface area contributed by atoms with E-state index in [9.17, 15) is 29.3 Å². The average molecular weight is 718 g/mol. The third kappa shape index (κ3) is 5.27. The van der Waals surface area contributed by atoms with E-state index in [1.807, 2.05) is 36.4 Å². The van der Waals surface area contributed by atoms with Gasteiger partial charge in [-0.15, -0.1) is 0 Å². The molecule has 4 aromatic carbocycles. The van der Waals surface area contributed by atoms with Crippen LogP contribution in [0.2, 0.25) is 0 Å². The van der Waals surface area contributed by atoms with E-state index in [0.717, 1.165) is 38.8 Å². The van der Waals surface area contributed by atoms with Gasteiger partial charge in [0.25, 0.3) is 11.6 Å². The first kappa shape index (κ1) is 29.9. The van der Waals surface area contributed by atoms with Crippen molar-refractivity contribution in [2.75, 3.05) is 16.8 Å². The fourth-order valence-electron chi connectivity index (χ4n) is 5.89. The Labute approximate surface area is 276 Å². The van der Waals surface area contributed by atoms with Crippen LogP contribution in [0.4, 0.5) is 17.1 Å². The molecule has 2 aliphatic rings. The maximum absolute atomic E-state index is 14.1. The molecule has 7 rings (SSSR count). The lowest BCUT2D eigenvalue weighted by atomic mass is 9.82. The summed E-state index contributed by atoms with van der Waals surface area (Å²) in [5, 5.41) is 15.5. The number of carbonyl (C=O) groups is 3. The van der Waals surface area contributed by atoms with E-state index >= 15 is 0 Å². The Morgan fingerprint density at radius 3 is 2.54 bits per heavy atom. The summed E-state index contributed by atoms with van der Waals surface area (Å²) in [6.45, 7) is -0.342. The van der Waals surface area contributed by atoms with Gasteiger partial charge in [-0.25, -0.2) is 4.90 Å². The summed E-state index contributed by atoms with van der Waals surface area (Å²) >= 11 is 5.56. The number of carbonyl (C=O) groups excluding carboxylic acids is 3. The minimum Gasteiger partial charge on any atom is -0.483 e. The van der Waals surface area contributed by atoms with Gasteiger partial charge in [0.05, 0.1) is 21.6 Å². The molecule has 3 amide bonds. The molecule has 0 bridgehead atoms. The summed E-state index contributed by atoms with van der Waals surface area (Å²) in [5.41, 5.74) is 1.19. The number of thioether (sulfide) groups is 1. The predicted molar refractivity (Wildman–Crippen MR) is 178 cm³/mol. The Morgan fingerprint density at radius 1 is 1.00 bits per heavy atom. The van der Waals surface area contributed by atoms with E-state index in [4.69, 9.17) is 4.74 Å². The molecule has 2 N–H and O–H groups in total. The van der Waals surface area contributed by atoms with Crippen LogP contribution in [0, 0.1) is 16.0 Å². The van der Waals surface area contributed by atoms with Crippen molar-refractivity contribution in [3.8, 4) is 5.75 Å². The number of hydrogen-bond acceptors (Lipinski definition) is 9. The summed E-state index contributed by atoms with van der Waals surface area (Å²) < 4.78 is 6.74. The SMILES string of the molecule is O=C(COc1ccc(Br)cc1[C@H]1c2sc(=O)[nH]c2SC2C(=O)N(c3ccc([N+](=O)[O-])cc3)C(=O)C21)Nc1cccc2ccccc12. The Morgan fingerprint density at radius 2 is 1.76 bits per heavy atom. The van der Waals surface area contributed by atoms with Crippen molar-refractivity contribution in [1.29, 1.82) is 0 Å². The van der Waals surface area contributed by atoms with Crippen LogP contribution in [0.25, 0.3) is 10.8 Å². The summed E-state index contributed by atoms with van der Waals surface area (Å²) in [6, 6.07) is 23.7. The van der Waals surface area contributed by atoms with Crippen molar-refractivity contribution in [3.05, 3.63) is 120 Å². The van der Waals surface area contributed by atoms with Crippen molar-refractivity contribution in [3.63, 3.8) is 0 Å². The molecular weight excluding hydrogens is 696 g/mol. The number of rotatable bonds is 7. The van der Waals surface area contributed by atoms with Crippen molar-refractivity contribution in [1.82, 2.24) is 4.98 Å². The third-order valence-corrected chi connectivity index (χ3v) is 10.8. The molecule has 46 heavy (non-hydrogen) atoms. The lowest BCUT2D eigenvalue weighted by Gasteiger charge is -2.31. The molecule has 3 atom stereocenters. The first-order valence-electron chi connectivity index (χ1n) is 13.9. The molecule has 1 saturated heterocycles. The molecule has 14 heteroatoms. The van der Waals surface area contributed by atoms with Gasteiger partial charge in [0.2, 0.25) is 11.8 Å². The highest BCUT2D eigenvalue weighted by atomic mass is 79.9. The number of H-pyrrole nitrogens is 1. The number of halogens is 1. The molecule has 1 fully saturated rings. The molecule has 0 saturated carbocycles. The van der Waals surface area contributed by atoms with E-state index in [1.165, 1.54) is 24.3 Å². The van der Waals surface area contributed by atoms with Crippen LogP contribution >= 0.6 is 39.0 Å². The van der Waals surface area contributed by atoms with E-state index in [1.54, 1.807) is 24.3 Å². The lowest BCUT2D eigenvalue weighted by Crippen LogP contribution is -2.32. The minimum atomic E-state index is -0.923. The monoisotopic (exact) mass is 716 g/mol. The van der Waals surface area contributed by atoms with E-state index in [0.29, 0.717) is 31.4 Å². The standard InChI is InChI=1S/C32H21BrN4O7S2/c33-17-8-13-23(44-15-24(38)34-22-7-3-5-16-4-1-2-6-20(16)22)21(14-17)25-26-28(45-29-27(25)46-32(41)35-29)31(40)36(30(26)39)18-9-11-19(12-10-18)37(42)43/h1-14,25-26,28H,15H2,(H,34,38)(H,35,41)/t25-,26?,28?/m1/s1. The van der Waals surface area contributed by atoms with E-state index in [-0.39, 0.29) is 22.9 Å². The summed E-state index contributed by atoms with van der Waals surface area (Å²) in [7, 11) is 0. The predicted octanol–water partition coefficient (Wildman–Crippen LogP) is 6.07. The van der Waals surface area contributed by atoms with Crippen LogP contribution < -0.4 is 19.8 Å². The summed E-state index contributed by atoms with van der Waals surface area (Å²) in [4.78, 5) is 68.2. The number of benzene rings is 4. The van der Waals surface area contributed by atoms with Crippen molar-refractivity contribution in [2.45, 2.75) is 16.2 Å². The number of nitro benzene ring substituents is 1. The Hall–Kier alpha value is -4.79. The van der Waals surface area contributed by atoms with Gasteiger partial charge in [0.1, 0.15) is 11.0 Å². The second-order valence-electron chi connectivity index (χ2n) is 10.6. The lowest BCUT2D eigenvalue weighted by molar-refractivity contribution is -0.384. The Bertz CT molecular complexity index is 2130. The van der Waals surface area contributed by atoms with Crippen LogP contribution in [0.3, 0.4) is 0 Å². The number of anilines is 2. The van der Waals surface area contributed by atoms with E-state index < -0.39 is 39.7 Å². The number of non-ortho nitro benzene ring substituents is 1. The van der Waals surface area contributed by atoms with Crippen molar-refractivity contribution in [2.24, 2.45) is 5.92 Å². The number of imide groups is 1. The number of thiazole rings is 1. The van der Waals surface area contributed by atoms with Gasteiger partial charge in [-0.05, 0) is 41.8 Å². The second-order valence-corrected chi connectivity index (χ2v) is 13.7. The quantitative estimate of drug-likeness (QED) is 0.117. The number of aromatic amines is 1. The molecular formula is C32H21BrN4O7S2. The molecule has 0 spiro atoms. The average Bonchev–Trinajstić information content (AvgIpc) is 3.54. The second kappa shape index (κ2) is 11.9. The maximum atomic E-state index is 14.1.